The van der Waals surface area contributed by atoms with Crippen LogP contribution in [0, 0.1) is 0 Å². The molecule has 1 fully saturated rings. The molecule has 0 spiro atoms. The molecule has 116 valence electrons. The maximum atomic E-state index is 11.6. The molecule has 1 heterocycles. The molecule has 1 rings (SSSR count). The summed E-state index contributed by atoms with van der Waals surface area (Å²) in [5.41, 5.74) is 5.32. The van der Waals surface area contributed by atoms with Crippen LogP contribution in [-0.4, -0.2) is 80.7 Å². The maximum absolute atomic E-state index is 11.6. The van der Waals surface area contributed by atoms with E-state index in [0.29, 0.717) is 0 Å². The van der Waals surface area contributed by atoms with Gasteiger partial charge in [-0.15, -0.1) is 0 Å². The van der Waals surface area contributed by atoms with Crippen LogP contribution in [-0.2, 0) is 14.3 Å². The molecule has 0 aromatic carbocycles. The number of hydrogen-bond donors (Lipinski definition) is 7. The number of carboxylic acid groups (broad SMARTS) is 1. The normalized spacial score (nSPS) is 35.4. The van der Waals surface area contributed by atoms with Crippen molar-refractivity contribution in [3.63, 3.8) is 0 Å². The Bertz CT molecular complexity index is 363. The Morgan fingerprint density at radius 1 is 1.20 bits per heavy atom. The van der Waals surface area contributed by atoms with Crippen molar-refractivity contribution in [2.75, 3.05) is 6.61 Å². The minimum atomic E-state index is -1.64. The van der Waals surface area contributed by atoms with Crippen LogP contribution in [0.15, 0.2) is 0 Å². The van der Waals surface area contributed by atoms with Gasteiger partial charge in [0.1, 0.15) is 24.4 Å². The van der Waals surface area contributed by atoms with E-state index in [1.54, 1.807) is 0 Å². The van der Waals surface area contributed by atoms with Gasteiger partial charge < -0.3 is 41.3 Å². The van der Waals surface area contributed by atoms with Crippen molar-refractivity contribution in [3.05, 3.63) is 0 Å². The second kappa shape index (κ2) is 6.92. The van der Waals surface area contributed by atoms with E-state index < -0.39 is 61.6 Å². The van der Waals surface area contributed by atoms with Gasteiger partial charge in [-0.3, -0.25) is 9.59 Å². The molecule has 20 heavy (non-hydrogen) atoms. The fourth-order valence-electron chi connectivity index (χ4n) is 1.75. The number of aliphatic hydroxyl groups excluding tert-OH is 4. The molecule has 10 heteroatoms. The average Bonchev–Trinajstić information content (AvgIpc) is 2.38. The lowest BCUT2D eigenvalue weighted by Gasteiger charge is -2.40. The summed E-state index contributed by atoms with van der Waals surface area (Å²) in [5, 5.41) is 48.2. The molecule has 0 aromatic heterocycles. The number of carbonyl (C=O) groups is 2. The Balaban J connectivity index is 2.66. The lowest BCUT2D eigenvalue weighted by atomic mass is 9.98. The molecule has 0 aromatic rings. The third-order valence-electron chi connectivity index (χ3n) is 2.91. The third-order valence-corrected chi connectivity index (χ3v) is 2.91. The first-order valence-electron chi connectivity index (χ1n) is 5.86. The zero-order valence-electron chi connectivity index (χ0n) is 10.4. The predicted octanol–water partition coefficient (Wildman–Crippen LogP) is -4.30. The maximum Gasteiger partial charge on any atom is 0.305 e. The van der Waals surface area contributed by atoms with Crippen LogP contribution in [0.25, 0.3) is 0 Å². The Morgan fingerprint density at radius 3 is 2.30 bits per heavy atom. The monoisotopic (exact) mass is 294 g/mol. The summed E-state index contributed by atoms with van der Waals surface area (Å²) in [6.45, 7) is -0.640. The van der Waals surface area contributed by atoms with Gasteiger partial charge in [-0.25, -0.2) is 0 Å². The van der Waals surface area contributed by atoms with E-state index in [1.807, 2.05) is 0 Å². The SMILES string of the molecule is N[C@@H](CC(=O)O)C(=O)NC1O[C@H](CO)[C@@H](O)[C@H](O)[C@H]1O. The summed E-state index contributed by atoms with van der Waals surface area (Å²) >= 11 is 0. The summed E-state index contributed by atoms with van der Waals surface area (Å²) in [4.78, 5) is 22.0. The molecule has 8 N–H and O–H groups in total. The van der Waals surface area contributed by atoms with Crippen molar-refractivity contribution < 1.29 is 39.9 Å². The van der Waals surface area contributed by atoms with Crippen molar-refractivity contribution in [3.8, 4) is 0 Å². The highest BCUT2D eigenvalue weighted by Gasteiger charge is 2.44. The largest absolute Gasteiger partial charge is 0.481 e. The first-order valence-corrected chi connectivity index (χ1v) is 5.86. The van der Waals surface area contributed by atoms with E-state index in [9.17, 15) is 24.9 Å². The van der Waals surface area contributed by atoms with Crippen molar-refractivity contribution in [1.82, 2.24) is 5.32 Å². The summed E-state index contributed by atoms with van der Waals surface area (Å²) in [6, 6.07) is -1.36. The Hall–Kier alpha value is -1.30. The van der Waals surface area contributed by atoms with Gasteiger partial charge >= 0.3 is 5.97 Å². The molecule has 1 aliphatic rings. The molecule has 1 saturated heterocycles. The van der Waals surface area contributed by atoms with Crippen molar-refractivity contribution >= 4 is 11.9 Å². The predicted molar refractivity (Wildman–Crippen MR) is 62.1 cm³/mol. The van der Waals surface area contributed by atoms with Gasteiger partial charge in [0, 0.05) is 0 Å². The first-order chi connectivity index (χ1) is 9.27. The molecule has 1 unspecified atom stereocenters. The van der Waals surface area contributed by atoms with Gasteiger partial charge in [0.05, 0.1) is 19.1 Å². The highest BCUT2D eigenvalue weighted by atomic mass is 16.6. The number of amides is 1. The number of aliphatic hydroxyl groups is 4. The second-order valence-electron chi connectivity index (χ2n) is 4.46. The van der Waals surface area contributed by atoms with Gasteiger partial charge in [-0.2, -0.15) is 0 Å². The number of carboxylic acids is 1. The lowest BCUT2D eigenvalue weighted by molar-refractivity contribution is -0.236. The number of hydrogen-bond acceptors (Lipinski definition) is 8. The van der Waals surface area contributed by atoms with Crippen molar-refractivity contribution in [2.45, 2.75) is 43.1 Å². The Morgan fingerprint density at radius 2 is 1.80 bits per heavy atom. The van der Waals surface area contributed by atoms with E-state index >= 15 is 0 Å². The highest BCUT2D eigenvalue weighted by Crippen LogP contribution is 2.19. The fourth-order valence-corrected chi connectivity index (χ4v) is 1.75. The summed E-state index contributed by atoms with van der Waals surface area (Å²) in [5.74, 6) is -2.18. The molecule has 0 aliphatic carbocycles. The molecule has 0 radical (unpaired) electrons. The molecule has 0 bridgehead atoms. The van der Waals surface area contributed by atoms with Crippen LogP contribution in [0.3, 0.4) is 0 Å². The van der Waals surface area contributed by atoms with E-state index in [4.69, 9.17) is 20.7 Å². The van der Waals surface area contributed by atoms with Crippen molar-refractivity contribution in [2.24, 2.45) is 5.73 Å². The molecule has 0 saturated carbocycles. The van der Waals surface area contributed by atoms with Gasteiger partial charge in [-0.1, -0.05) is 0 Å². The van der Waals surface area contributed by atoms with E-state index in [-0.39, 0.29) is 0 Å². The first kappa shape index (κ1) is 16.8. The summed E-state index contributed by atoms with van der Waals surface area (Å²) in [7, 11) is 0. The van der Waals surface area contributed by atoms with Crippen molar-refractivity contribution in [1.29, 1.82) is 0 Å². The number of nitrogens with one attached hydrogen (secondary N) is 1. The van der Waals surface area contributed by atoms with Gasteiger partial charge in [0.25, 0.3) is 0 Å². The lowest BCUT2D eigenvalue weighted by Crippen LogP contribution is -2.64. The fraction of sp³-hybridized carbons (Fsp3) is 0.800. The van der Waals surface area contributed by atoms with Crippen LogP contribution in [0.1, 0.15) is 6.42 Å². The van der Waals surface area contributed by atoms with Crippen LogP contribution in [0.4, 0.5) is 0 Å². The van der Waals surface area contributed by atoms with E-state index in [1.165, 1.54) is 0 Å². The van der Waals surface area contributed by atoms with Gasteiger partial charge in [0.15, 0.2) is 6.23 Å². The number of carbonyl (C=O) groups excluding carboxylic acids is 1. The zero-order valence-corrected chi connectivity index (χ0v) is 10.4. The zero-order chi connectivity index (χ0) is 15.4. The molecular formula is C10H18N2O8. The minimum Gasteiger partial charge on any atom is -0.481 e. The second-order valence-corrected chi connectivity index (χ2v) is 4.46. The highest BCUT2D eigenvalue weighted by molar-refractivity contribution is 5.86. The standard InChI is InChI=1S/C10H18N2O8/c11-3(1-5(14)15)9(19)12-10-8(18)7(17)6(16)4(2-13)20-10/h3-4,6-8,10,13,16-18H,1-2,11H2,(H,12,19)(H,14,15)/t3-,4+,6+,7-,8+,10?/m0/s1. The molecule has 1 amide bonds. The molecule has 1 aliphatic heterocycles. The summed E-state index contributed by atoms with van der Waals surface area (Å²) < 4.78 is 5.01. The number of ether oxygens (including phenoxy) is 1. The Labute approximate surface area is 113 Å². The van der Waals surface area contributed by atoms with Gasteiger partial charge in [-0.05, 0) is 0 Å². The van der Waals surface area contributed by atoms with Gasteiger partial charge in [0.2, 0.25) is 5.91 Å². The van der Waals surface area contributed by atoms with E-state index in [2.05, 4.69) is 5.32 Å². The van der Waals surface area contributed by atoms with Crippen LogP contribution < -0.4 is 11.1 Å². The van der Waals surface area contributed by atoms with Crippen LogP contribution in [0.2, 0.25) is 0 Å². The molecule has 6 atom stereocenters. The average molecular weight is 294 g/mol. The minimum absolute atomic E-state index is 0.622. The van der Waals surface area contributed by atoms with Crippen LogP contribution in [0.5, 0.6) is 0 Å². The number of rotatable bonds is 5. The topological polar surface area (TPSA) is 183 Å². The molecular weight excluding hydrogens is 276 g/mol. The quantitative estimate of drug-likeness (QED) is 0.263. The van der Waals surface area contributed by atoms with Crippen LogP contribution >= 0.6 is 0 Å². The van der Waals surface area contributed by atoms with E-state index in [0.717, 1.165) is 0 Å². The summed E-state index contributed by atoms with van der Waals surface area (Å²) in [6.07, 6.45) is -8.04. The number of aliphatic carboxylic acids is 1. The number of nitrogens with two attached hydrogens (primary N) is 1. The Kier molecular flexibility index (Phi) is 5.80. The molecule has 10 nitrogen and oxygen atoms in total. The smallest absolute Gasteiger partial charge is 0.305 e. The third kappa shape index (κ3) is 3.85.